The molecular weight excluding hydrogens is 200 g/mol. The summed E-state index contributed by atoms with van der Waals surface area (Å²) < 4.78 is 0. The summed E-state index contributed by atoms with van der Waals surface area (Å²) in [7, 11) is 0. The number of aromatic hydroxyl groups is 1. The minimum atomic E-state index is 0.241. The number of phenols is 1. The molecule has 1 fully saturated rings. The van der Waals surface area contributed by atoms with Gasteiger partial charge < -0.3 is 15.7 Å². The van der Waals surface area contributed by atoms with Gasteiger partial charge in [-0.15, -0.1) is 0 Å². The van der Waals surface area contributed by atoms with Gasteiger partial charge in [0.1, 0.15) is 5.75 Å². The molecule has 2 rings (SSSR count). The van der Waals surface area contributed by atoms with E-state index in [9.17, 15) is 5.11 Å². The smallest absolute Gasteiger partial charge is 0.121 e. The predicted molar refractivity (Wildman–Crippen MR) is 67.0 cm³/mol. The minimum absolute atomic E-state index is 0.241. The average Bonchev–Trinajstić information content (AvgIpc) is 2.97. The van der Waals surface area contributed by atoms with E-state index in [1.54, 1.807) is 0 Å². The van der Waals surface area contributed by atoms with Crippen molar-refractivity contribution >= 4 is 5.69 Å². The van der Waals surface area contributed by atoms with Crippen LogP contribution in [0.25, 0.3) is 0 Å². The Bertz CT molecular complexity index is 374. The maximum absolute atomic E-state index is 9.98. The predicted octanol–water partition coefficient (Wildman–Crippen LogP) is 2.05. The molecule has 0 aliphatic heterocycles. The van der Waals surface area contributed by atoms with Gasteiger partial charge in [0.15, 0.2) is 0 Å². The molecule has 3 N–H and O–H groups in total. The van der Waals surface area contributed by atoms with Gasteiger partial charge >= 0.3 is 0 Å². The summed E-state index contributed by atoms with van der Waals surface area (Å²) >= 11 is 0. The Kier molecular flexibility index (Phi) is 3.06. The van der Waals surface area contributed by atoms with Crippen LogP contribution in [-0.2, 0) is 0 Å². The highest BCUT2D eigenvalue weighted by Gasteiger charge is 2.36. The first-order valence-corrected chi connectivity index (χ1v) is 6.00. The fourth-order valence-corrected chi connectivity index (χ4v) is 2.20. The molecule has 16 heavy (non-hydrogen) atoms. The third-order valence-corrected chi connectivity index (χ3v) is 3.38. The number of hydrogen-bond acceptors (Lipinski definition) is 3. The summed E-state index contributed by atoms with van der Waals surface area (Å²) in [6, 6.07) is 6.19. The molecule has 0 unspecified atom stereocenters. The molecule has 0 saturated heterocycles. The van der Waals surface area contributed by atoms with Crippen molar-refractivity contribution in [3.8, 4) is 5.75 Å². The molecule has 3 heteroatoms. The Hall–Kier alpha value is -1.22. The quantitative estimate of drug-likeness (QED) is 0.816. The molecule has 1 aromatic rings. The van der Waals surface area contributed by atoms with Gasteiger partial charge in [0.2, 0.25) is 0 Å². The van der Waals surface area contributed by atoms with Crippen molar-refractivity contribution in [1.29, 1.82) is 0 Å². The van der Waals surface area contributed by atoms with Crippen molar-refractivity contribution in [2.24, 2.45) is 5.73 Å². The van der Waals surface area contributed by atoms with Crippen molar-refractivity contribution in [2.45, 2.75) is 32.2 Å². The normalized spacial score (nSPS) is 23.2. The zero-order valence-corrected chi connectivity index (χ0v) is 9.98. The first kappa shape index (κ1) is 11.3. The number of nitrogens with two attached hydrogens (primary N) is 1. The van der Waals surface area contributed by atoms with Gasteiger partial charge in [0, 0.05) is 36.8 Å². The second kappa shape index (κ2) is 4.34. The lowest BCUT2D eigenvalue weighted by atomic mass is 10.1. The van der Waals surface area contributed by atoms with E-state index < -0.39 is 0 Å². The first-order valence-electron chi connectivity index (χ1n) is 6.00. The standard InChI is InChI=1S/C13H20N2O/c1-3-15(4-2)9-5-6-10(13(16)7-9)11-8-12(11)14/h5-7,11-12,16H,3-4,8,14H2,1-2H3/t11-,12+/m0/s1. The Morgan fingerprint density at radius 1 is 1.38 bits per heavy atom. The van der Waals surface area contributed by atoms with Gasteiger partial charge in [0.25, 0.3) is 0 Å². The van der Waals surface area contributed by atoms with Gasteiger partial charge in [-0.25, -0.2) is 0 Å². The van der Waals surface area contributed by atoms with Crippen LogP contribution in [0.3, 0.4) is 0 Å². The van der Waals surface area contributed by atoms with E-state index in [1.807, 2.05) is 12.1 Å². The Balaban J connectivity index is 2.22. The molecule has 0 aromatic heterocycles. The van der Waals surface area contributed by atoms with E-state index >= 15 is 0 Å². The highest BCUT2D eigenvalue weighted by molar-refractivity contribution is 5.55. The van der Waals surface area contributed by atoms with Crippen LogP contribution < -0.4 is 10.6 Å². The summed E-state index contributed by atoms with van der Waals surface area (Å²) in [6.07, 6.45) is 0.998. The minimum Gasteiger partial charge on any atom is -0.508 e. The van der Waals surface area contributed by atoms with Crippen LogP contribution in [-0.4, -0.2) is 24.2 Å². The zero-order valence-electron chi connectivity index (χ0n) is 9.98. The molecule has 1 saturated carbocycles. The molecule has 1 aliphatic rings. The lowest BCUT2D eigenvalue weighted by Crippen LogP contribution is -2.21. The van der Waals surface area contributed by atoms with Crippen molar-refractivity contribution in [1.82, 2.24) is 0 Å². The van der Waals surface area contributed by atoms with Crippen LogP contribution in [0.1, 0.15) is 31.7 Å². The second-order valence-electron chi connectivity index (χ2n) is 4.42. The molecule has 88 valence electrons. The SMILES string of the molecule is CCN(CC)c1ccc([C@@H]2C[C@H]2N)c(O)c1. The monoisotopic (exact) mass is 220 g/mol. The lowest BCUT2D eigenvalue weighted by molar-refractivity contribution is 0.468. The summed E-state index contributed by atoms with van der Waals surface area (Å²) in [5.41, 5.74) is 7.88. The first-order chi connectivity index (χ1) is 7.67. The number of hydrogen-bond donors (Lipinski definition) is 2. The fourth-order valence-electron chi connectivity index (χ4n) is 2.20. The van der Waals surface area contributed by atoms with E-state index in [4.69, 9.17) is 5.73 Å². The third kappa shape index (κ3) is 2.00. The number of nitrogens with zero attached hydrogens (tertiary/aromatic N) is 1. The summed E-state index contributed by atoms with van der Waals surface area (Å²) in [5, 5.41) is 9.98. The zero-order chi connectivity index (χ0) is 11.7. The van der Waals surface area contributed by atoms with Crippen LogP contribution >= 0.6 is 0 Å². The van der Waals surface area contributed by atoms with Crippen molar-refractivity contribution < 1.29 is 5.11 Å². The van der Waals surface area contributed by atoms with Crippen molar-refractivity contribution in [2.75, 3.05) is 18.0 Å². The molecule has 0 heterocycles. The van der Waals surface area contributed by atoms with Gasteiger partial charge in [0.05, 0.1) is 0 Å². The molecule has 0 amide bonds. The van der Waals surface area contributed by atoms with Gasteiger partial charge in [-0.1, -0.05) is 6.07 Å². The third-order valence-electron chi connectivity index (χ3n) is 3.38. The van der Waals surface area contributed by atoms with Crippen LogP contribution in [0.15, 0.2) is 18.2 Å². The Morgan fingerprint density at radius 2 is 2.00 bits per heavy atom. The molecule has 0 bridgehead atoms. The number of anilines is 1. The van der Waals surface area contributed by atoms with Crippen LogP contribution in [0.2, 0.25) is 0 Å². The largest absolute Gasteiger partial charge is 0.508 e. The van der Waals surface area contributed by atoms with Crippen LogP contribution in [0.5, 0.6) is 5.75 Å². The van der Waals surface area contributed by atoms with Crippen LogP contribution in [0, 0.1) is 0 Å². The van der Waals surface area contributed by atoms with E-state index in [2.05, 4.69) is 24.8 Å². The molecule has 2 atom stereocenters. The Morgan fingerprint density at radius 3 is 2.44 bits per heavy atom. The van der Waals surface area contributed by atoms with Crippen molar-refractivity contribution in [3.63, 3.8) is 0 Å². The second-order valence-corrected chi connectivity index (χ2v) is 4.42. The number of rotatable bonds is 4. The summed E-state index contributed by atoms with van der Waals surface area (Å²) in [4.78, 5) is 2.22. The number of phenolic OH excluding ortho intramolecular Hbond substituents is 1. The van der Waals surface area contributed by atoms with E-state index in [0.29, 0.717) is 11.7 Å². The molecule has 1 aliphatic carbocycles. The topological polar surface area (TPSA) is 49.5 Å². The molecule has 1 aromatic carbocycles. The maximum atomic E-state index is 9.98. The van der Waals surface area contributed by atoms with Crippen molar-refractivity contribution in [3.05, 3.63) is 23.8 Å². The van der Waals surface area contributed by atoms with Gasteiger partial charge in [-0.05, 0) is 31.9 Å². The van der Waals surface area contributed by atoms with Gasteiger partial charge in [-0.2, -0.15) is 0 Å². The molecule has 0 spiro atoms. The average molecular weight is 220 g/mol. The van der Waals surface area contributed by atoms with E-state index in [-0.39, 0.29) is 6.04 Å². The van der Waals surface area contributed by atoms with Gasteiger partial charge in [-0.3, -0.25) is 0 Å². The molecule has 0 radical (unpaired) electrons. The van der Waals surface area contributed by atoms with E-state index in [0.717, 1.165) is 30.8 Å². The fraction of sp³-hybridized carbons (Fsp3) is 0.538. The summed E-state index contributed by atoms with van der Waals surface area (Å²) in [6.45, 7) is 6.15. The highest BCUT2D eigenvalue weighted by atomic mass is 16.3. The molecular formula is C13H20N2O. The van der Waals surface area contributed by atoms with E-state index in [1.165, 1.54) is 0 Å². The Labute approximate surface area is 96.9 Å². The maximum Gasteiger partial charge on any atom is 0.121 e. The highest BCUT2D eigenvalue weighted by Crippen LogP contribution is 2.43. The number of benzene rings is 1. The lowest BCUT2D eigenvalue weighted by Gasteiger charge is -2.21. The summed E-state index contributed by atoms with van der Waals surface area (Å²) in [5.74, 6) is 0.758. The molecule has 3 nitrogen and oxygen atoms in total. The van der Waals surface area contributed by atoms with Crippen LogP contribution in [0.4, 0.5) is 5.69 Å².